The second-order valence-corrected chi connectivity index (χ2v) is 5.65. The fraction of sp³-hybridized carbons (Fsp3) is 0.571. The highest BCUT2D eigenvalue weighted by molar-refractivity contribution is 6.29. The van der Waals surface area contributed by atoms with E-state index in [1.54, 1.807) is 6.07 Å². The Morgan fingerprint density at radius 2 is 2.16 bits per heavy atom. The lowest BCUT2D eigenvalue weighted by Gasteiger charge is -2.40. The van der Waals surface area contributed by atoms with Gasteiger partial charge in [-0.15, -0.1) is 0 Å². The van der Waals surface area contributed by atoms with Crippen molar-refractivity contribution in [2.75, 3.05) is 10.2 Å². The van der Waals surface area contributed by atoms with Gasteiger partial charge >= 0.3 is 0 Å². The van der Waals surface area contributed by atoms with Crippen molar-refractivity contribution in [3.63, 3.8) is 0 Å². The quantitative estimate of drug-likeness (QED) is 0.846. The van der Waals surface area contributed by atoms with Crippen LogP contribution in [0.2, 0.25) is 5.15 Å². The van der Waals surface area contributed by atoms with Gasteiger partial charge in [-0.1, -0.05) is 31.4 Å². The number of hydrogen-bond donors (Lipinski definition) is 1. The number of amides is 1. The Hall–Kier alpha value is -1.29. The third-order valence-electron chi connectivity index (χ3n) is 4.09. The second-order valence-electron chi connectivity index (χ2n) is 5.26. The Morgan fingerprint density at radius 3 is 2.84 bits per heavy atom. The van der Waals surface area contributed by atoms with Crippen LogP contribution in [0, 0.1) is 0 Å². The molecule has 1 N–H and O–H groups in total. The smallest absolute Gasteiger partial charge is 0.247 e. The summed E-state index contributed by atoms with van der Waals surface area (Å²) >= 11 is 6.03. The molecule has 0 saturated heterocycles. The standard InChI is InChI=1S/C14H18ClN3O/c1-2-11-14(19)16-10-7-8-12(15)17-13(10)18(11)9-5-3-4-6-9/h7-9,11H,2-6H2,1H3,(H,16,19). The molecule has 0 bridgehead atoms. The van der Waals surface area contributed by atoms with Crippen LogP contribution in [0.1, 0.15) is 39.0 Å². The summed E-state index contributed by atoms with van der Waals surface area (Å²) in [5.41, 5.74) is 0.783. The molecule has 2 heterocycles. The highest BCUT2D eigenvalue weighted by atomic mass is 35.5. The van der Waals surface area contributed by atoms with E-state index in [9.17, 15) is 4.79 Å². The first kappa shape index (κ1) is 12.7. The monoisotopic (exact) mass is 279 g/mol. The maximum atomic E-state index is 12.2. The maximum absolute atomic E-state index is 12.2. The Kier molecular flexibility index (Phi) is 3.35. The Morgan fingerprint density at radius 1 is 1.42 bits per heavy atom. The van der Waals surface area contributed by atoms with Crippen molar-refractivity contribution in [3.05, 3.63) is 17.3 Å². The number of nitrogens with one attached hydrogen (secondary N) is 1. The van der Waals surface area contributed by atoms with Crippen LogP contribution < -0.4 is 10.2 Å². The van der Waals surface area contributed by atoms with E-state index >= 15 is 0 Å². The number of nitrogens with zero attached hydrogens (tertiary/aromatic N) is 2. The lowest BCUT2D eigenvalue weighted by atomic mass is 10.0. The number of hydrogen-bond acceptors (Lipinski definition) is 3. The number of aromatic nitrogens is 1. The van der Waals surface area contributed by atoms with E-state index in [1.807, 2.05) is 13.0 Å². The van der Waals surface area contributed by atoms with Crippen molar-refractivity contribution >= 4 is 29.0 Å². The number of anilines is 2. The number of rotatable bonds is 2. The van der Waals surface area contributed by atoms with E-state index in [0.29, 0.717) is 11.2 Å². The molecule has 19 heavy (non-hydrogen) atoms. The zero-order valence-corrected chi connectivity index (χ0v) is 11.8. The molecule has 1 fully saturated rings. The third-order valence-corrected chi connectivity index (χ3v) is 4.30. The maximum Gasteiger partial charge on any atom is 0.247 e. The van der Waals surface area contributed by atoms with Crippen LogP contribution in [-0.2, 0) is 4.79 Å². The molecule has 5 heteroatoms. The zero-order valence-electron chi connectivity index (χ0n) is 11.0. The number of pyridine rings is 1. The molecule has 0 aromatic carbocycles. The molecule has 1 atom stereocenters. The normalized spacial score (nSPS) is 23.4. The van der Waals surface area contributed by atoms with Crippen molar-refractivity contribution in [1.82, 2.24) is 4.98 Å². The van der Waals surface area contributed by atoms with Gasteiger partial charge in [0.2, 0.25) is 5.91 Å². The topological polar surface area (TPSA) is 45.2 Å². The van der Waals surface area contributed by atoms with Crippen molar-refractivity contribution in [2.45, 2.75) is 51.1 Å². The molecule has 1 unspecified atom stereocenters. The molecule has 4 nitrogen and oxygen atoms in total. The van der Waals surface area contributed by atoms with Crippen LogP contribution in [0.3, 0.4) is 0 Å². The average Bonchev–Trinajstić information content (AvgIpc) is 2.91. The number of fused-ring (bicyclic) bond motifs is 1. The van der Waals surface area contributed by atoms with Crippen molar-refractivity contribution < 1.29 is 4.79 Å². The van der Waals surface area contributed by atoms with Crippen molar-refractivity contribution in [3.8, 4) is 0 Å². The highest BCUT2D eigenvalue weighted by Crippen LogP contribution is 2.37. The summed E-state index contributed by atoms with van der Waals surface area (Å²) in [7, 11) is 0. The molecule has 0 radical (unpaired) electrons. The second kappa shape index (κ2) is 5.00. The molecular weight excluding hydrogens is 262 g/mol. The molecular formula is C14H18ClN3O. The summed E-state index contributed by atoms with van der Waals surface area (Å²) in [5, 5.41) is 3.42. The third kappa shape index (κ3) is 2.18. The lowest BCUT2D eigenvalue weighted by Crippen LogP contribution is -2.52. The van der Waals surface area contributed by atoms with Crippen LogP contribution in [0.15, 0.2) is 12.1 Å². The van der Waals surface area contributed by atoms with Gasteiger partial charge in [0.05, 0.1) is 5.69 Å². The van der Waals surface area contributed by atoms with Gasteiger partial charge in [0.1, 0.15) is 11.2 Å². The van der Waals surface area contributed by atoms with Crippen LogP contribution in [0.25, 0.3) is 0 Å². The zero-order chi connectivity index (χ0) is 13.4. The van der Waals surface area contributed by atoms with Gasteiger partial charge in [0.25, 0.3) is 0 Å². The average molecular weight is 280 g/mol. The largest absolute Gasteiger partial charge is 0.340 e. The molecule has 1 aliphatic heterocycles. The minimum Gasteiger partial charge on any atom is -0.340 e. The van der Waals surface area contributed by atoms with E-state index in [2.05, 4.69) is 15.2 Å². The van der Waals surface area contributed by atoms with Crippen LogP contribution in [0.4, 0.5) is 11.5 Å². The van der Waals surface area contributed by atoms with Gasteiger partial charge in [-0.05, 0) is 31.4 Å². The molecule has 1 saturated carbocycles. The first-order chi connectivity index (χ1) is 9.20. The predicted molar refractivity (Wildman–Crippen MR) is 76.7 cm³/mol. The molecule has 1 aliphatic carbocycles. The summed E-state index contributed by atoms with van der Waals surface area (Å²) < 4.78 is 0. The highest BCUT2D eigenvalue weighted by Gasteiger charge is 2.38. The summed E-state index contributed by atoms with van der Waals surface area (Å²) in [6.07, 6.45) is 5.52. The first-order valence-electron chi connectivity index (χ1n) is 6.96. The number of carbonyl (C=O) groups is 1. The predicted octanol–water partition coefficient (Wildman–Crippen LogP) is 3.21. The molecule has 1 amide bonds. The SMILES string of the molecule is CCC1C(=O)Nc2ccc(Cl)nc2N1C1CCCC1. The van der Waals surface area contributed by atoms with E-state index in [1.165, 1.54) is 12.8 Å². The van der Waals surface area contributed by atoms with E-state index < -0.39 is 0 Å². The van der Waals surface area contributed by atoms with Crippen LogP contribution in [-0.4, -0.2) is 23.0 Å². The molecule has 2 aliphatic rings. The van der Waals surface area contributed by atoms with E-state index in [-0.39, 0.29) is 11.9 Å². The van der Waals surface area contributed by atoms with Gasteiger partial charge in [-0.3, -0.25) is 4.79 Å². The van der Waals surface area contributed by atoms with Gasteiger partial charge in [-0.2, -0.15) is 0 Å². The lowest BCUT2D eigenvalue weighted by molar-refractivity contribution is -0.117. The van der Waals surface area contributed by atoms with Crippen molar-refractivity contribution in [2.24, 2.45) is 0 Å². The summed E-state index contributed by atoms with van der Waals surface area (Å²) in [5.74, 6) is 0.914. The Bertz CT molecular complexity index is 499. The van der Waals surface area contributed by atoms with Gasteiger partial charge < -0.3 is 10.2 Å². The number of halogens is 1. The molecule has 1 aromatic rings. The van der Waals surface area contributed by atoms with Crippen molar-refractivity contribution in [1.29, 1.82) is 0 Å². The molecule has 1 aromatic heterocycles. The minimum absolute atomic E-state index is 0.0750. The Balaban J connectivity index is 2.05. The van der Waals surface area contributed by atoms with Gasteiger partial charge in [0.15, 0.2) is 5.82 Å². The minimum atomic E-state index is -0.124. The fourth-order valence-corrected chi connectivity index (χ4v) is 3.34. The summed E-state index contributed by atoms with van der Waals surface area (Å²) in [4.78, 5) is 18.9. The Labute approximate surface area is 118 Å². The van der Waals surface area contributed by atoms with Gasteiger partial charge in [-0.25, -0.2) is 4.98 Å². The van der Waals surface area contributed by atoms with Crippen LogP contribution in [0.5, 0.6) is 0 Å². The number of carbonyl (C=O) groups excluding carboxylic acids is 1. The van der Waals surface area contributed by atoms with E-state index in [0.717, 1.165) is 30.8 Å². The molecule has 0 spiro atoms. The van der Waals surface area contributed by atoms with Crippen LogP contribution >= 0.6 is 11.6 Å². The van der Waals surface area contributed by atoms with Gasteiger partial charge in [0, 0.05) is 6.04 Å². The molecule has 3 rings (SSSR count). The first-order valence-corrected chi connectivity index (χ1v) is 7.34. The molecule has 102 valence electrons. The summed E-state index contributed by atoms with van der Waals surface area (Å²) in [6.45, 7) is 2.04. The fourth-order valence-electron chi connectivity index (χ4n) is 3.20. The summed E-state index contributed by atoms with van der Waals surface area (Å²) in [6, 6.07) is 3.86. The van der Waals surface area contributed by atoms with E-state index in [4.69, 9.17) is 11.6 Å².